The molecule has 1 aliphatic rings. The van der Waals surface area contributed by atoms with Crippen molar-refractivity contribution in [1.82, 2.24) is 9.13 Å². The summed E-state index contributed by atoms with van der Waals surface area (Å²) in [6, 6.07) is 81.4. The molecule has 1 aliphatic carbocycles. The van der Waals surface area contributed by atoms with Crippen LogP contribution in [-0.2, 0) is 5.41 Å². The molecule has 0 fully saturated rings. The molecule has 0 saturated carbocycles. The van der Waals surface area contributed by atoms with E-state index in [0.29, 0.717) is 0 Å². The monoisotopic (exact) mass is 826 g/mol. The van der Waals surface area contributed by atoms with Crippen LogP contribution in [0.3, 0.4) is 0 Å². The summed E-state index contributed by atoms with van der Waals surface area (Å²) >= 11 is 0. The van der Waals surface area contributed by atoms with Gasteiger partial charge in [-0.2, -0.15) is 0 Å². The fourth-order valence-electron chi connectivity index (χ4n) is 11.7. The van der Waals surface area contributed by atoms with E-state index in [9.17, 15) is 0 Å². The van der Waals surface area contributed by atoms with Gasteiger partial charge in [-0.15, -0.1) is 0 Å². The van der Waals surface area contributed by atoms with Crippen LogP contribution < -0.4 is 0 Å². The van der Waals surface area contributed by atoms with Gasteiger partial charge in [0.25, 0.3) is 0 Å². The van der Waals surface area contributed by atoms with Gasteiger partial charge >= 0.3 is 0 Å². The number of nitrogens with zero attached hydrogens (tertiary/aromatic N) is 2. The standard InChI is InChI=1S/C63H42N2/c1-63(2)56-24-11-8-18-47(56)48-31-27-41(37-57(48)63)44-22-14-23-52-53-38-43(30-32-46(53)45-17-6-7-21-51(45)62(44)52)65-59-26-13-10-20-50(59)55-36-40(29-34-61(55)65)39-28-33-60-54(35-39)49-19-9-12-25-58(49)64(60)42-15-4-3-5-16-42/h3-38H,1-2H3. The van der Waals surface area contributed by atoms with Crippen LogP contribution in [0, 0.1) is 0 Å². The summed E-state index contributed by atoms with van der Waals surface area (Å²) < 4.78 is 4.85. The van der Waals surface area contributed by atoms with E-state index < -0.39 is 0 Å². The van der Waals surface area contributed by atoms with Crippen LogP contribution in [0.2, 0.25) is 0 Å². The third kappa shape index (κ3) is 5.11. The smallest absolute Gasteiger partial charge is 0.0541 e. The second-order valence-electron chi connectivity index (χ2n) is 18.4. The maximum absolute atomic E-state index is 2.47. The van der Waals surface area contributed by atoms with Crippen LogP contribution in [0.15, 0.2) is 218 Å². The normalized spacial score (nSPS) is 13.2. The molecule has 0 N–H and O–H groups in total. The minimum absolute atomic E-state index is 0.0723. The first-order valence-electron chi connectivity index (χ1n) is 22.8. The van der Waals surface area contributed by atoms with Crippen molar-refractivity contribution in [2.24, 2.45) is 0 Å². The first-order valence-corrected chi connectivity index (χ1v) is 22.8. The Kier molecular flexibility index (Phi) is 7.49. The number of rotatable bonds is 4. The zero-order chi connectivity index (χ0) is 43.0. The third-order valence-corrected chi connectivity index (χ3v) is 14.7. The maximum atomic E-state index is 2.47. The zero-order valence-electron chi connectivity index (χ0n) is 36.2. The minimum Gasteiger partial charge on any atom is -0.309 e. The van der Waals surface area contributed by atoms with Crippen molar-refractivity contribution < 1.29 is 0 Å². The van der Waals surface area contributed by atoms with Crippen LogP contribution in [0.1, 0.15) is 25.0 Å². The third-order valence-electron chi connectivity index (χ3n) is 14.7. The first kappa shape index (κ1) is 36.3. The van der Waals surface area contributed by atoms with Crippen molar-refractivity contribution in [3.8, 4) is 44.8 Å². The Morgan fingerprint density at radius 1 is 0.277 bits per heavy atom. The fraction of sp³-hybridized carbons (Fsp3) is 0.0476. The van der Waals surface area contributed by atoms with E-state index in [2.05, 4.69) is 241 Å². The highest BCUT2D eigenvalue weighted by atomic mass is 15.0. The molecule has 14 rings (SSSR count). The van der Waals surface area contributed by atoms with Gasteiger partial charge in [0.1, 0.15) is 0 Å². The van der Waals surface area contributed by atoms with Crippen molar-refractivity contribution in [3.05, 3.63) is 230 Å². The molecule has 11 aromatic carbocycles. The predicted octanol–water partition coefficient (Wildman–Crippen LogP) is 17.0. The molecule has 0 aliphatic heterocycles. The van der Waals surface area contributed by atoms with Crippen molar-refractivity contribution in [3.63, 3.8) is 0 Å². The summed E-state index contributed by atoms with van der Waals surface area (Å²) in [4.78, 5) is 0. The first-order chi connectivity index (χ1) is 32.0. The number of hydrogen-bond acceptors (Lipinski definition) is 0. The summed E-state index contributed by atoms with van der Waals surface area (Å²) in [5.41, 5.74) is 17.5. The SMILES string of the molecule is CC1(C)c2ccccc2-c2ccc(-c3cccc4c5cc(-n6c7ccccc7c7cc(-c8ccc9c(c8)c8ccccc8n9-c8ccccc8)ccc76)ccc5c5ccccc5c34)cc21. The number of benzene rings is 11. The number of aromatic nitrogens is 2. The molecule has 65 heavy (non-hydrogen) atoms. The highest BCUT2D eigenvalue weighted by Gasteiger charge is 2.35. The lowest BCUT2D eigenvalue weighted by Gasteiger charge is -2.22. The van der Waals surface area contributed by atoms with E-state index in [1.54, 1.807) is 0 Å². The molecule has 2 heteroatoms. The summed E-state index contributed by atoms with van der Waals surface area (Å²) in [6.07, 6.45) is 0. The highest BCUT2D eigenvalue weighted by Crippen LogP contribution is 2.51. The Morgan fingerprint density at radius 3 is 1.51 bits per heavy atom. The van der Waals surface area contributed by atoms with E-state index in [4.69, 9.17) is 0 Å². The fourth-order valence-corrected chi connectivity index (χ4v) is 11.7. The van der Waals surface area contributed by atoms with E-state index in [-0.39, 0.29) is 5.41 Å². The van der Waals surface area contributed by atoms with Crippen molar-refractivity contribution >= 4 is 75.9 Å². The molecule has 0 amide bonds. The zero-order valence-corrected chi connectivity index (χ0v) is 36.2. The average Bonchev–Trinajstić information content (AvgIpc) is 3.96. The second-order valence-corrected chi connectivity index (χ2v) is 18.4. The quantitative estimate of drug-likeness (QED) is 0.156. The molecule has 13 aromatic rings. The Balaban J connectivity index is 0.947. The molecular weight excluding hydrogens is 785 g/mol. The molecule has 0 saturated heterocycles. The second kappa shape index (κ2) is 13.4. The molecule has 0 unspecified atom stereocenters. The van der Waals surface area contributed by atoms with Gasteiger partial charge in [-0.1, -0.05) is 166 Å². The summed E-state index contributed by atoms with van der Waals surface area (Å²) in [5.74, 6) is 0. The van der Waals surface area contributed by atoms with Crippen LogP contribution >= 0.6 is 0 Å². The molecule has 0 bridgehead atoms. The molecule has 2 aromatic heterocycles. The van der Waals surface area contributed by atoms with Crippen LogP contribution in [0.4, 0.5) is 0 Å². The largest absolute Gasteiger partial charge is 0.309 e. The Labute approximate surface area is 376 Å². The lowest BCUT2D eigenvalue weighted by atomic mass is 9.81. The van der Waals surface area contributed by atoms with Gasteiger partial charge in [0.15, 0.2) is 0 Å². The van der Waals surface area contributed by atoms with Gasteiger partial charge in [0.2, 0.25) is 0 Å². The average molecular weight is 827 g/mol. The predicted molar refractivity (Wildman–Crippen MR) is 276 cm³/mol. The molecule has 0 radical (unpaired) electrons. The van der Waals surface area contributed by atoms with Crippen LogP contribution in [0.5, 0.6) is 0 Å². The van der Waals surface area contributed by atoms with Crippen molar-refractivity contribution in [1.29, 1.82) is 0 Å². The van der Waals surface area contributed by atoms with Gasteiger partial charge in [-0.05, 0) is 144 Å². The Morgan fingerprint density at radius 2 is 0.785 bits per heavy atom. The summed E-state index contributed by atoms with van der Waals surface area (Å²) in [5, 5.41) is 12.7. The summed E-state index contributed by atoms with van der Waals surface area (Å²) in [7, 11) is 0. The molecule has 304 valence electrons. The van der Waals surface area contributed by atoms with Crippen LogP contribution in [-0.4, -0.2) is 9.13 Å². The Bertz CT molecular complexity index is 4140. The highest BCUT2D eigenvalue weighted by molar-refractivity contribution is 6.29. The molecular formula is C63H42N2. The number of para-hydroxylation sites is 3. The van der Waals surface area contributed by atoms with Crippen molar-refractivity contribution in [2.45, 2.75) is 19.3 Å². The number of hydrogen-bond donors (Lipinski definition) is 0. The maximum Gasteiger partial charge on any atom is 0.0541 e. The van der Waals surface area contributed by atoms with Gasteiger partial charge in [-0.25, -0.2) is 0 Å². The molecule has 0 spiro atoms. The van der Waals surface area contributed by atoms with Gasteiger partial charge in [-0.3, -0.25) is 0 Å². The van der Waals surface area contributed by atoms with E-state index in [1.165, 1.54) is 126 Å². The lowest BCUT2D eigenvalue weighted by molar-refractivity contribution is 0.660. The van der Waals surface area contributed by atoms with Gasteiger partial charge in [0.05, 0.1) is 22.1 Å². The molecule has 2 nitrogen and oxygen atoms in total. The molecule has 2 heterocycles. The van der Waals surface area contributed by atoms with Crippen LogP contribution in [0.25, 0.3) is 121 Å². The van der Waals surface area contributed by atoms with E-state index in [1.807, 2.05) is 0 Å². The topological polar surface area (TPSA) is 9.86 Å². The van der Waals surface area contributed by atoms with Gasteiger partial charge in [0, 0.05) is 38.3 Å². The number of fused-ring (bicyclic) bond motifs is 15. The molecule has 0 atom stereocenters. The Hall–Kier alpha value is -8.20. The minimum atomic E-state index is -0.0723. The van der Waals surface area contributed by atoms with Gasteiger partial charge < -0.3 is 9.13 Å². The van der Waals surface area contributed by atoms with E-state index in [0.717, 1.165) is 5.69 Å². The van der Waals surface area contributed by atoms with Crippen molar-refractivity contribution in [2.75, 3.05) is 0 Å². The lowest BCUT2D eigenvalue weighted by Crippen LogP contribution is -2.14. The van der Waals surface area contributed by atoms with E-state index >= 15 is 0 Å². The summed E-state index contributed by atoms with van der Waals surface area (Å²) in [6.45, 7) is 4.74.